The van der Waals surface area contributed by atoms with Crippen LogP contribution in [-0.4, -0.2) is 0 Å². The zero-order valence-electron chi connectivity index (χ0n) is 17.5. The molecule has 0 N–H and O–H groups in total. The number of hydrogen-bond donors (Lipinski definition) is 0. The highest BCUT2D eigenvalue weighted by molar-refractivity contribution is 5.65. The second kappa shape index (κ2) is 8.21. The third kappa shape index (κ3) is 4.31. The maximum absolute atomic E-state index is 2.42. The molecule has 27 heavy (non-hydrogen) atoms. The highest BCUT2D eigenvalue weighted by Gasteiger charge is 2.22. The van der Waals surface area contributed by atoms with Gasteiger partial charge in [-0.2, -0.15) is 0 Å². The summed E-state index contributed by atoms with van der Waals surface area (Å²) in [5, 5.41) is 0. The van der Waals surface area contributed by atoms with E-state index in [2.05, 4.69) is 63.2 Å². The van der Waals surface area contributed by atoms with Crippen LogP contribution in [0.2, 0.25) is 0 Å². The van der Waals surface area contributed by atoms with E-state index in [-0.39, 0.29) is 0 Å². The van der Waals surface area contributed by atoms with Gasteiger partial charge in [-0.05, 0) is 84.1 Å². The molecule has 0 radical (unpaired) electrons. The fourth-order valence-corrected chi connectivity index (χ4v) is 5.43. The lowest BCUT2D eigenvalue weighted by atomic mass is 9.78. The Labute approximate surface area is 166 Å². The summed E-state index contributed by atoms with van der Waals surface area (Å²) >= 11 is 0. The van der Waals surface area contributed by atoms with Crippen molar-refractivity contribution >= 4 is 0 Å². The van der Waals surface area contributed by atoms with Gasteiger partial charge >= 0.3 is 0 Å². The normalized spacial score (nSPS) is 28.9. The average Bonchev–Trinajstić information content (AvgIpc) is 2.69. The van der Waals surface area contributed by atoms with Crippen LogP contribution in [0.4, 0.5) is 0 Å². The Morgan fingerprint density at radius 2 is 1.11 bits per heavy atom. The molecule has 4 rings (SSSR count). The Morgan fingerprint density at radius 3 is 1.67 bits per heavy atom. The molecule has 0 heteroatoms. The molecule has 0 aromatic heterocycles. The molecular weight excluding hydrogens is 324 g/mol. The van der Waals surface area contributed by atoms with E-state index >= 15 is 0 Å². The number of benzene rings is 2. The van der Waals surface area contributed by atoms with Crippen LogP contribution >= 0.6 is 0 Å². The van der Waals surface area contributed by atoms with E-state index in [0.29, 0.717) is 0 Å². The van der Waals surface area contributed by atoms with Crippen molar-refractivity contribution in [1.82, 2.24) is 0 Å². The van der Waals surface area contributed by atoms with Gasteiger partial charge in [-0.1, -0.05) is 82.0 Å². The van der Waals surface area contributed by atoms with E-state index in [0.717, 1.165) is 23.7 Å². The molecule has 2 aromatic carbocycles. The van der Waals surface area contributed by atoms with E-state index in [9.17, 15) is 0 Å². The molecule has 2 aliphatic carbocycles. The van der Waals surface area contributed by atoms with Crippen molar-refractivity contribution in [1.29, 1.82) is 0 Å². The monoisotopic (exact) mass is 360 g/mol. The van der Waals surface area contributed by atoms with Crippen LogP contribution in [0.3, 0.4) is 0 Å². The maximum atomic E-state index is 2.42. The van der Waals surface area contributed by atoms with Crippen molar-refractivity contribution in [2.75, 3.05) is 0 Å². The van der Waals surface area contributed by atoms with Crippen LogP contribution in [0.25, 0.3) is 11.1 Å². The minimum absolute atomic E-state index is 0.784. The molecule has 0 spiro atoms. The van der Waals surface area contributed by atoms with E-state index in [1.54, 1.807) is 11.1 Å². The zero-order chi connectivity index (χ0) is 18.8. The molecule has 144 valence electrons. The van der Waals surface area contributed by atoms with Crippen molar-refractivity contribution in [2.24, 2.45) is 11.8 Å². The third-order valence-electron chi connectivity index (χ3n) is 7.46. The number of rotatable bonds is 3. The highest BCUT2D eigenvalue weighted by atomic mass is 14.3. The second-order valence-corrected chi connectivity index (χ2v) is 9.61. The summed E-state index contributed by atoms with van der Waals surface area (Å²) in [6.45, 7) is 7.12. The van der Waals surface area contributed by atoms with Gasteiger partial charge in [-0.15, -0.1) is 0 Å². The van der Waals surface area contributed by atoms with Crippen LogP contribution in [0.15, 0.2) is 42.5 Å². The van der Waals surface area contributed by atoms with E-state index in [4.69, 9.17) is 0 Å². The summed E-state index contributed by atoms with van der Waals surface area (Å²) in [6.07, 6.45) is 11.1. The van der Waals surface area contributed by atoms with Gasteiger partial charge in [0.05, 0.1) is 0 Å². The Hall–Kier alpha value is -1.56. The topological polar surface area (TPSA) is 0 Å². The van der Waals surface area contributed by atoms with Gasteiger partial charge in [0.2, 0.25) is 0 Å². The summed E-state index contributed by atoms with van der Waals surface area (Å²) < 4.78 is 0. The SMILES string of the molecule is Cc1cc(-c2ccc(C3CCC(C)CC3)cc2)ccc1C1CCC(C)CC1. The molecule has 0 amide bonds. The molecule has 0 unspecified atom stereocenters. The van der Waals surface area contributed by atoms with Crippen LogP contribution in [-0.2, 0) is 0 Å². The quantitative estimate of drug-likeness (QED) is 0.517. The lowest BCUT2D eigenvalue weighted by molar-refractivity contribution is 0.347. The van der Waals surface area contributed by atoms with Gasteiger partial charge in [0.25, 0.3) is 0 Å². The zero-order valence-corrected chi connectivity index (χ0v) is 17.5. The summed E-state index contributed by atoms with van der Waals surface area (Å²) in [5.74, 6) is 3.42. The molecule has 2 aliphatic rings. The third-order valence-corrected chi connectivity index (χ3v) is 7.46. The van der Waals surface area contributed by atoms with Gasteiger partial charge < -0.3 is 0 Å². The first-order valence-corrected chi connectivity index (χ1v) is 11.3. The van der Waals surface area contributed by atoms with Gasteiger partial charge in [0, 0.05) is 0 Å². The van der Waals surface area contributed by atoms with Gasteiger partial charge in [0.15, 0.2) is 0 Å². The molecule has 0 heterocycles. The largest absolute Gasteiger partial charge is 0.0625 e. The van der Waals surface area contributed by atoms with E-state index in [1.165, 1.54) is 68.1 Å². The summed E-state index contributed by atoms with van der Waals surface area (Å²) in [6, 6.07) is 16.7. The molecule has 2 saturated carbocycles. The summed E-state index contributed by atoms with van der Waals surface area (Å²) in [4.78, 5) is 0. The van der Waals surface area contributed by atoms with Gasteiger partial charge in [-0.3, -0.25) is 0 Å². The van der Waals surface area contributed by atoms with E-state index < -0.39 is 0 Å². The molecule has 0 saturated heterocycles. The van der Waals surface area contributed by atoms with Crippen molar-refractivity contribution in [2.45, 2.75) is 84.0 Å². The minimum Gasteiger partial charge on any atom is -0.0625 e. The van der Waals surface area contributed by atoms with Crippen LogP contribution < -0.4 is 0 Å². The number of aryl methyl sites for hydroxylation is 1. The van der Waals surface area contributed by atoms with Crippen LogP contribution in [0, 0.1) is 18.8 Å². The molecule has 0 bridgehead atoms. The Balaban J connectivity index is 1.47. The maximum Gasteiger partial charge on any atom is -0.0159 e. The Kier molecular flexibility index (Phi) is 5.71. The van der Waals surface area contributed by atoms with E-state index in [1.807, 2.05) is 0 Å². The van der Waals surface area contributed by atoms with Crippen molar-refractivity contribution in [3.63, 3.8) is 0 Å². The van der Waals surface area contributed by atoms with Crippen LogP contribution in [0.5, 0.6) is 0 Å². The van der Waals surface area contributed by atoms with Crippen molar-refractivity contribution in [3.05, 3.63) is 59.2 Å². The molecule has 0 nitrogen and oxygen atoms in total. The summed E-state index contributed by atoms with van der Waals surface area (Å²) in [7, 11) is 0. The predicted molar refractivity (Wildman–Crippen MR) is 117 cm³/mol. The first-order valence-electron chi connectivity index (χ1n) is 11.3. The van der Waals surface area contributed by atoms with Gasteiger partial charge in [-0.25, -0.2) is 0 Å². The minimum atomic E-state index is 0.784. The molecule has 0 atom stereocenters. The predicted octanol–water partition coefficient (Wildman–Crippen LogP) is 8.25. The van der Waals surface area contributed by atoms with Crippen molar-refractivity contribution < 1.29 is 0 Å². The lowest BCUT2D eigenvalue weighted by Crippen LogP contribution is -2.11. The summed E-state index contributed by atoms with van der Waals surface area (Å²) in [5.41, 5.74) is 7.38. The smallest absolute Gasteiger partial charge is 0.0159 e. The molecule has 2 aromatic rings. The fraction of sp³-hybridized carbons (Fsp3) is 0.556. The first kappa shape index (κ1) is 18.8. The standard InChI is InChI=1S/C27H36/c1-19-4-8-22(9-5-19)23-12-14-24(15-13-23)26-16-17-27(21(3)18-26)25-10-6-20(2)7-11-25/h12-20,22,25H,4-11H2,1-3H3. The Bertz CT molecular complexity index is 738. The average molecular weight is 361 g/mol. The highest BCUT2D eigenvalue weighted by Crippen LogP contribution is 2.39. The number of hydrogen-bond acceptors (Lipinski definition) is 0. The van der Waals surface area contributed by atoms with Crippen LogP contribution in [0.1, 0.15) is 93.7 Å². The van der Waals surface area contributed by atoms with Crippen molar-refractivity contribution in [3.8, 4) is 11.1 Å². The Morgan fingerprint density at radius 1 is 0.593 bits per heavy atom. The molecule has 0 aliphatic heterocycles. The second-order valence-electron chi connectivity index (χ2n) is 9.61. The van der Waals surface area contributed by atoms with Gasteiger partial charge in [0.1, 0.15) is 0 Å². The lowest BCUT2D eigenvalue weighted by Gasteiger charge is -2.28. The first-order chi connectivity index (χ1) is 13.1. The fourth-order valence-electron chi connectivity index (χ4n) is 5.43. The molecular formula is C27H36. The molecule has 2 fully saturated rings.